The normalized spacial score (nSPS) is 17.7. The molecule has 8 heteroatoms. The Bertz CT molecular complexity index is 1340. The van der Waals surface area contributed by atoms with Crippen molar-refractivity contribution >= 4 is 17.5 Å². The zero-order valence-electron chi connectivity index (χ0n) is 29.1. The summed E-state index contributed by atoms with van der Waals surface area (Å²) in [6, 6.07) is 29.4. The quantitative estimate of drug-likeness (QED) is 0.132. The lowest BCUT2D eigenvalue weighted by Gasteiger charge is -2.48. The number of hydrogen-bond acceptors (Lipinski definition) is 6. The van der Waals surface area contributed by atoms with Crippen LogP contribution < -0.4 is 22.1 Å². The van der Waals surface area contributed by atoms with Crippen LogP contribution in [-0.4, -0.2) is 78.5 Å². The van der Waals surface area contributed by atoms with E-state index in [0.29, 0.717) is 38.4 Å². The topological polar surface area (TPSA) is 117 Å². The summed E-state index contributed by atoms with van der Waals surface area (Å²) in [5.41, 5.74) is 15.6. The molecule has 3 aromatic rings. The van der Waals surface area contributed by atoms with Gasteiger partial charge in [-0.1, -0.05) is 99.1 Å². The van der Waals surface area contributed by atoms with Gasteiger partial charge < -0.3 is 31.9 Å². The minimum Gasteiger partial charge on any atom is -0.374 e. The predicted molar refractivity (Wildman–Crippen MR) is 198 cm³/mol. The van der Waals surface area contributed by atoms with E-state index in [0.717, 1.165) is 57.3 Å². The van der Waals surface area contributed by atoms with Gasteiger partial charge in [-0.3, -0.25) is 9.59 Å². The monoisotopic (exact) mass is 654 g/mol. The molecular formula is C40H58N6O2. The summed E-state index contributed by atoms with van der Waals surface area (Å²) in [6.45, 7) is 7.69. The number of amides is 2. The second-order valence-electron chi connectivity index (χ2n) is 13.7. The van der Waals surface area contributed by atoms with Crippen molar-refractivity contribution in [1.29, 1.82) is 0 Å². The molecule has 0 aromatic heterocycles. The van der Waals surface area contributed by atoms with Crippen LogP contribution >= 0.6 is 0 Å². The van der Waals surface area contributed by atoms with E-state index in [-0.39, 0.29) is 23.9 Å². The van der Waals surface area contributed by atoms with Crippen molar-refractivity contribution in [3.8, 4) is 0 Å². The molecule has 48 heavy (non-hydrogen) atoms. The molecule has 4 rings (SSSR count). The average Bonchev–Trinajstić information content (AvgIpc) is 3.11. The molecule has 6 N–H and O–H groups in total. The van der Waals surface area contributed by atoms with Crippen molar-refractivity contribution in [1.82, 2.24) is 15.1 Å². The number of carbonyl (C=O) groups is 2. The third-order valence-corrected chi connectivity index (χ3v) is 9.35. The van der Waals surface area contributed by atoms with Crippen LogP contribution in [0.4, 0.5) is 5.69 Å². The average molecular weight is 655 g/mol. The number of benzene rings is 3. The number of piperazine rings is 1. The predicted octanol–water partition coefficient (Wildman–Crippen LogP) is 5.23. The lowest BCUT2D eigenvalue weighted by molar-refractivity contribution is -0.149. The first-order valence-corrected chi connectivity index (χ1v) is 18.0. The van der Waals surface area contributed by atoms with Crippen LogP contribution in [0.25, 0.3) is 0 Å². The number of rotatable bonds is 19. The molecule has 0 radical (unpaired) electrons. The minimum atomic E-state index is -0.582. The zero-order chi connectivity index (χ0) is 34.1. The van der Waals surface area contributed by atoms with Crippen molar-refractivity contribution in [3.05, 3.63) is 102 Å². The molecule has 1 saturated heterocycles. The number of nitrogens with one attached hydrogen (secondary N) is 2. The highest BCUT2D eigenvalue weighted by Gasteiger charge is 2.41. The number of para-hydroxylation sites is 1. The van der Waals surface area contributed by atoms with Gasteiger partial charge in [0.05, 0.1) is 6.04 Å². The standard InChI is InChI=1S/C40H58N6O2/c1-31(2)28-36-30-45(40(48)38(44-34-18-10-5-11-19-34)24-22-33-16-8-4-9-17-33)35(20-12-13-26-43-27-25-41)29-46(36)39(47)37(42)23-21-32-14-6-3-7-15-32/h3-11,14-19,31,35-38,43-44H,12-13,20-30,41-42H2,1-2H3/t35-,36+,37?,38?/m0/s1. The number of aryl methyl sites for hydroxylation is 2. The van der Waals surface area contributed by atoms with E-state index in [1.54, 1.807) is 0 Å². The maximum Gasteiger partial charge on any atom is 0.245 e. The summed E-state index contributed by atoms with van der Waals surface area (Å²) in [6.07, 6.45) is 6.39. The van der Waals surface area contributed by atoms with Gasteiger partial charge in [0, 0.05) is 44.0 Å². The number of unbranched alkanes of at least 4 members (excludes halogenated alkanes) is 1. The lowest BCUT2D eigenvalue weighted by Crippen LogP contribution is -2.65. The van der Waals surface area contributed by atoms with Gasteiger partial charge in [-0.15, -0.1) is 0 Å². The number of hydrogen-bond donors (Lipinski definition) is 4. The Morgan fingerprint density at radius 2 is 1.31 bits per heavy atom. The third kappa shape index (κ3) is 11.8. The molecule has 1 aliphatic heterocycles. The van der Waals surface area contributed by atoms with E-state index >= 15 is 0 Å². The molecule has 1 aliphatic rings. The Morgan fingerprint density at radius 3 is 1.92 bits per heavy atom. The number of anilines is 1. The Balaban J connectivity index is 1.56. The van der Waals surface area contributed by atoms with Crippen LogP contribution in [0, 0.1) is 5.92 Å². The van der Waals surface area contributed by atoms with Crippen molar-refractivity contribution in [2.75, 3.05) is 38.0 Å². The van der Waals surface area contributed by atoms with Crippen LogP contribution in [0.5, 0.6) is 0 Å². The van der Waals surface area contributed by atoms with Crippen LogP contribution in [0.15, 0.2) is 91.0 Å². The van der Waals surface area contributed by atoms with Crippen molar-refractivity contribution in [2.24, 2.45) is 17.4 Å². The second kappa shape index (κ2) is 19.9. The third-order valence-electron chi connectivity index (χ3n) is 9.35. The van der Waals surface area contributed by atoms with Crippen LogP contribution in [0.1, 0.15) is 63.5 Å². The second-order valence-corrected chi connectivity index (χ2v) is 13.7. The molecule has 0 saturated carbocycles. The maximum atomic E-state index is 14.7. The SMILES string of the molecule is CC(C)C[C@@H]1CN(C(=O)C(CCc2ccccc2)Nc2ccccc2)[C@@H](CCCCNCCN)CN1C(=O)C(N)CCc1ccccc1. The molecule has 1 fully saturated rings. The van der Waals surface area contributed by atoms with Gasteiger partial charge >= 0.3 is 0 Å². The molecule has 8 nitrogen and oxygen atoms in total. The molecule has 0 aliphatic carbocycles. The summed E-state index contributed by atoms with van der Waals surface area (Å²) in [5.74, 6) is 0.473. The lowest BCUT2D eigenvalue weighted by atomic mass is 9.93. The molecule has 0 spiro atoms. The highest BCUT2D eigenvalue weighted by molar-refractivity contribution is 5.86. The van der Waals surface area contributed by atoms with E-state index in [1.165, 1.54) is 11.1 Å². The molecule has 0 bridgehead atoms. The first kappa shape index (κ1) is 37.1. The molecular weight excluding hydrogens is 596 g/mol. The highest BCUT2D eigenvalue weighted by Crippen LogP contribution is 2.27. The fourth-order valence-electron chi connectivity index (χ4n) is 6.79. The fraction of sp³-hybridized carbons (Fsp3) is 0.500. The van der Waals surface area contributed by atoms with Crippen LogP contribution in [0.2, 0.25) is 0 Å². The van der Waals surface area contributed by atoms with E-state index < -0.39 is 12.1 Å². The molecule has 260 valence electrons. The Labute approximate surface area is 288 Å². The molecule has 3 aromatic carbocycles. The van der Waals surface area contributed by atoms with E-state index in [2.05, 4.69) is 53.6 Å². The van der Waals surface area contributed by atoms with Gasteiger partial charge in [0.1, 0.15) is 6.04 Å². The van der Waals surface area contributed by atoms with E-state index in [4.69, 9.17) is 11.5 Å². The largest absolute Gasteiger partial charge is 0.374 e. The summed E-state index contributed by atoms with van der Waals surface area (Å²) in [7, 11) is 0. The molecule has 2 unspecified atom stereocenters. The molecule has 2 amide bonds. The zero-order valence-corrected chi connectivity index (χ0v) is 29.1. The van der Waals surface area contributed by atoms with Crippen molar-refractivity contribution < 1.29 is 9.59 Å². The van der Waals surface area contributed by atoms with Crippen LogP contribution in [-0.2, 0) is 22.4 Å². The molecule has 1 heterocycles. The molecule has 4 atom stereocenters. The van der Waals surface area contributed by atoms with Gasteiger partial charge in [0.15, 0.2) is 0 Å². The summed E-state index contributed by atoms with van der Waals surface area (Å²) in [5, 5.41) is 6.97. The minimum absolute atomic E-state index is 0.00123. The Kier molecular flexibility index (Phi) is 15.4. The first-order valence-electron chi connectivity index (χ1n) is 18.0. The van der Waals surface area contributed by atoms with Gasteiger partial charge in [0.2, 0.25) is 11.8 Å². The summed E-state index contributed by atoms with van der Waals surface area (Å²) in [4.78, 5) is 32.9. The van der Waals surface area contributed by atoms with Gasteiger partial charge in [0.25, 0.3) is 0 Å². The highest BCUT2D eigenvalue weighted by atomic mass is 16.2. The van der Waals surface area contributed by atoms with Crippen LogP contribution in [0.3, 0.4) is 0 Å². The van der Waals surface area contributed by atoms with E-state index in [9.17, 15) is 9.59 Å². The van der Waals surface area contributed by atoms with Crippen molar-refractivity contribution in [3.63, 3.8) is 0 Å². The van der Waals surface area contributed by atoms with Crippen molar-refractivity contribution in [2.45, 2.75) is 89.4 Å². The van der Waals surface area contributed by atoms with Gasteiger partial charge in [-0.2, -0.15) is 0 Å². The smallest absolute Gasteiger partial charge is 0.245 e. The summed E-state index contributed by atoms with van der Waals surface area (Å²) < 4.78 is 0. The number of nitrogens with zero attached hydrogens (tertiary/aromatic N) is 2. The Hall–Kier alpha value is -3.72. The number of nitrogens with two attached hydrogens (primary N) is 2. The summed E-state index contributed by atoms with van der Waals surface area (Å²) >= 11 is 0. The maximum absolute atomic E-state index is 14.7. The number of carbonyl (C=O) groups excluding carboxylic acids is 2. The van der Waals surface area contributed by atoms with Gasteiger partial charge in [-0.25, -0.2) is 0 Å². The fourth-order valence-corrected chi connectivity index (χ4v) is 6.79. The Morgan fingerprint density at radius 1 is 0.750 bits per heavy atom. The first-order chi connectivity index (χ1) is 23.4. The van der Waals surface area contributed by atoms with Gasteiger partial charge in [-0.05, 0) is 80.7 Å². The van der Waals surface area contributed by atoms with E-state index in [1.807, 2.05) is 71.6 Å².